The van der Waals surface area contributed by atoms with Gasteiger partial charge in [-0.3, -0.25) is 0 Å². The third-order valence-corrected chi connectivity index (χ3v) is 5.49. The third kappa shape index (κ3) is 4.10. The number of hydrogen-bond acceptors (Lipinski definition) is 3. The maximum absolute atomic E-state index is 5.93. The first kappa shape index (κ1) is 17.9. The molecular formula is C23H28N2O2. The summed E-state index contributed by atoms with van der Waals surface area (Å²) in [5, 5.41) is 0. The van der Waals surface area contributed by atoms with Gasteiger partial charge in [-0.05, 0) is 43.5 Å². The zero-order chi connectivity index (χ0) is 18.5. The fraction of sp³-hybridized carbons (Fsp3) is 0.435. The number of benzene rings is 2. The van der Waals surface area contributed by atoms with Gasteiger partial charge in [-0.15, -0.1) is 0 Å². The highest BCUT2D eigenvalue weighted by Crippen LogP contribution is 2.34. The summed E-state index contributed by atoms with van der Waals surface area (Å²) < 4.78 is 13.6. The molecule has 4 heteroatoms. The number of rotatable bonds is 7. The van der Waals surface area contributed by atoms with Crippen LogP contribution >= 0.6 is 0 Å². The molecule has 142 valence electrons. The molecule has 4 rings (SSSR count). The van der Waals surface area contributed by atoms with Crippen LogP contribution in [0.5, 0.6) is 11.5 Å². The molecule has 0 aliphatic heterocycles. The van der Waals surface area contributed by atoms with Crippen molar-refractivity contribution >= 4 is 11.0 Å². The van der Waals surface area contributed by atoms with Crippen LogP contribution in [0.25, 0.3) is 11.0 Å². The molecular weight excluding hydrogens is 336 g/mol. The Balaban J connectivity index is 1.45. The van der Waals surface area contributed by atoms with E-state index in [1.54, 1.807) is 7.11 Å². The Hall–Kier alpha value is -2.49. The van der Waals surface area contributed by atoms with Gasteiger partial charge in [0.2, 0.25) is 0 Å². The molecule has 0 amide bonds. The minimum Gasteiger partial charge on any atom is -0.497 e. The van der Waals surface area contributed by atoms with Crippen molar-refractivity contribution < 1.29 is 9.47 Å². The van der Waals surface area contributed by atoms with Crippen molar-refractivity contribution in [3.63, 3.8) is 0 Å². The lowest BCUT2D eigenvalue weighted by molar-refractivity contribution is 0.298. The molecule has 1 heterocycles. The predicted octanol–water partition coefficient (Wildman–Crippen LogP) is 5.56. The van der Waals surface area contributed by atoms with E-state index in [9.17, 15) is 0 Å². The number of ether oxygens (including phenoxy) is 2. The van der Waals surface area contributed by atoms with Crippen molar-refractivity contribution in [1.29, 1.82) is 0 Å². The van der Waals surface area contributed by atoms with Crippen molar-refractivity contribution in [2.45, 2.75) is 51.0 Å². The summed E-state index contributed by atoms with van der Waals surface area (Å²) in [6.07, 6.45) is 7.51. The number of aromatic nitrogens is 2. The average molecular weight is 364 g/mol. The number of nitrogens with zero attached hydrogens (tertiary/aromatic N) is 2. The van der Waals surface area contributed by atoms with Gasteiger partial charge in [-0.2, -0.15) is 0 Å². The maximum atomic E-state index is 5.93. The van der Waals surface area contributed by atoms with Crippen molar-refractivity contribution in [3.05, 3.63) is 54.4 Å². The van der Waals surface area contributed by atoms with Crippen LogP contribution in [0.15, 0.2) is 48.5 Å². The minimum absolute atomic E-state index is 0.602. The highest BCUT2D eigenvalue weighted by Gasteiger charge is 2.22. The molecule has 0 spiro atoms. The number of aryl methyl sites for hydroxylation is 1. The lowest BCUT2D eigenvalue weighted by atomic mass is 9.88. The normalized spacial score (nSPS) is 15.1. The minimum atomic E-state index is 0.602. The Labute approximate surface area is 161 Å². The van der Waals surface area contributed by atoms with Crippen LogP contribution in [-0.4, -0.2) is 23.3 Å². The molecule has 1 aliphatic carbocycles. The van der Waals surface area contributed by atoms with Crippen molar-refractivity contribution in [2.75, 3.05) is 13.7 Å². The molecule has 4 nitrogen and oxygen atoms in total. The van der Waals surface area contributed by atoms with Gasteiger partial charge in [0.25, 0.3) is 0 Å². The summed E-state index contributed by atoms with van der Waals surface area (Å²) >= 11 is 0. The molecule has 0 bridgehead atoms. The molecule has 0 saturated heterocycles. The Kier molecular flexibility index (Phi) is 5.61. The van der Waals surface area contributed by atoms with Crippen LogP contribution in [0.3, 0.4) is 0 Å². The van der Waals surface area contributed by atoms with E-state index in [0.717, 1.165) is 30.0 Å². The zero-order valence-corrected chi connectivity index (χ0v) is 16.1. The molecule has 1 saturated carbocycles. The van der Waals surface area contributed by atoms with Crippen LogP contribution in [0.4, 0.5) is 0 Å². The third-order valence-electron chi connectivity index (χ3n) is 5.49. The zero-order valence-electron chi connectivity index (χ0n) is 16.1. The lowest BCUT2D eigenvalue weighted by Crippen LogP contribution is -2.13. The van der Waals surface area contributed by atoms with Crippen molar-refractivity contribution in [2.24, 2.45) is 0 Å². The maximum Gasteiger partial charge on any atom is 0.122 e. The smallest absolute Gasteiger partial charge is 0.122 e. The van der Waals surface area contributed by atoms with Crippen LogP contribution < -0.4 is 9.47 Å². The Morgan fingerprint density at radius 3 is 2.67 bits per heavy atom. The molecule has 1 aliphatic rings. The average Bonchev–Trinajstić information content (AvgIpc) is 3.11. The topological polar surface area (TPSA) is 36.3 Å². The van der Waals surface area contributed by atoms with Crippen LogP contribution in [0.2, 0.25) is 0 Å². The Morgan fingerprint density at radius 2 is 1.81 bits per heavy atom. The lowest BCUT2D eigenvalue weighted by Gasteiger charge is -2.22. The van der Waals surface area contributed by atoms with E-state index < -0.39 is 0 Å². The van der Waals surface area contributed by atoms with Gasteiger partial charge in [0, 0.05) is 18.5 Å². The molecule has 0 atom stereocenters. The first-order valence-electron chi connectivity index (χ1n) is 10.1. The largest absolute Gasteiger partial charge is 0.497 e. The monoisotopic (exact) mass is 364 g/mol. The second-order valence-corrected chi connectivity index (χ2v) is 7.33. The molecule has 27 heavy (non-hydrogen) atoms. The number of hydrogen-bond donors (Lipinski definition) is 0. The predicted molar refractivity (Wildman–Crippen MR) is 109 cm³/mol. The van der Waals surface area contributed by atoms with Gasteiger partial charge in [0.15, 0.2) is 0 Å². The van der Waals surface area contributed by atoms with Gasteiger partial charge in [-0.1, -0.05) is 37.5 Å². The number of methoxy groups -OCH3 is 1. The van der Waals surface area contributed by atoms with E-state index in [0.29, 0.717) is 12.5 Å². The number of para-hydroxylation sites is 2. The second kappa shape index (κ2) is 8.47. The van der Waals surface area contributed by atoms with Crippen LogP contribution in [0.1, 0.15) is 50.3 Å². The number of fused-ring (bicyclic) bond motifs is 1. The van der Waals surface area contributed by atoms with E-state index in [1.165, 1.54) is 43.4 Å². The summed E-state index contributed by atoms with van der Waals surface area (Å²) in [6.45, 7) is 1.63. The Morgan fingerprint density at radius 1 is 1.00 bits per heavy atom. The standard InChI is InChI=1S/C23H28N2O2/c1-26-19-11-7-12-20(17-19)27-16-8-15-25-22-14-6-5-13-21(22)24-23(25)18-9-3-2-4-10-18/h5-7,11-14,17-18H,2-4,8-10,15-16H2,1H3. The summed E-state index contributed by atoms with van der Waals surface area (Å²) in [7, 11) is 1.68. The number of imidazole rings is 1. The quantitative estimate of drug-likeness (QED) is 0.515. The molecule has 0 unspecified atom stereocenters. The summed E-state index contributed by atoms with van der Waals surface area (Å²) in [5.74, 6) is 3.56. The SMILES string of the molecule is COc1cccc(OCCCn2c(C3CCCCC3)nc3ccccc32)c1. The van der Waals surface area contributed by atoms with Crippen molar-refractivity contribution in [1.82, 2.24) is 9.55 Å². The summed E-state index contributed by atoms with van der Waals surface area (Å²) in [6, 6.07) is 16.3. The molecule has 0 N–H and O–H groups in total. The van der Waals surface area contributed by atoms with Gasteiger partial charge in [0.05, 0.1) is 24.8 Å². The fourth-order valence-electron chi connectivity index (χ4n) is 4.11. The molecule has 0 radical (unpaired) electrons. The van der Waals surface area contributed by atoms with E-state index in [1.807, 2.05) is 24.3 Å². The van der Waals surface area contributed by atoms with E-state index in [-0.39, 0.29) is 0 Å². The van der Waals surface area contributed by atoms with Crippen LogP contribution in [-0.2, 0) is 6.54 Å². The fourth-order valence-corrected chi connectivity index (χ4v) is 4.11. The van der Waals surface area contributed by atoms with Gasteiger partial charge in [0.1, 0.15) is 17.3 Å². The Bertz CT molecular complexity index is 881. The van der Waals surface area contributed by atoms with Crippen molar-refractivity contribution in [3.8, 4) is 11.5 Å². The van der Waals surface area contributed by atoms with Gasteiger partial charge in [-0.25, -0.2) is 4.98 Å². The van der Waals surface area contributed by atoms with E-state index >= 15 is 0 Å². The highest BCUT2D eigenvalue weighted by atomic mass is 16.5. The molecule has 1 aromatic heterocycles. The van der Waals surface area contributed by atoms with Crippen LogP contribution in [0, 0.1) is 0 Å². The van der Waals surface area contributed by atoms with E-state index in [4.69, 9.17) is 14.5 Å². The summed E-state index contributed by atoms with van der Waals surface area (Å²) in [5.41, 5.74) is 2.37. The molecule has 2 aromatic carbocycles. The first-order valence-corrected chi connectivity index (χ1v) is 10.1. The van der Waals surface area contributed by atoms with E-state index in [2.05, 4.69) is 28.8 Å². The second-order valence-electron chi connectivity index (χ2n) is 7.33. The molecule has 1 fully saturated rings. The summed E-state index contributed by atoms with van der Waals surface area (Å²) in [4.78, 5) is 5.00. The first-order chi connectivity index (χ1) is 13.3. The van der Waals surface area contributed by atoms with Gasteiger partial charge < -0.3 is 14.0 Å². The van der Waals surface area contributed by atoms with Gasteiger partial charge >= 0.3 is 0 Å². The highest BCUT2D eigenvalue weighted by molar-refractivity contribution is 5.76. The molecule has 3 aromatic rings.